The molecule has 0 aliphatic rings. The van der Waals surface area contributed by atoms with Crippen LogP contribution in [0.15, 0.2) is 0 Å². The number of ether oxygens (including phenoxy) is 1. The third-order valence-electron chi connectivity index (χ3n) is 0.863. The molecular weight excluding hydrogens is 154 g/mol. The predicted octanol–water partition coefficient (Wildman–Crippen LogP) is 0.146. The van der Waals surface area contributed by atoms with E-state index in [1.165, 1.54) is 6.92 Å². The van der Waals surface area contributed by atoms with Gasteiger partial charge in [-0.2, -0.15) is 0 Å². The molecule has 6 heteroatoms. The fraction of sp³-hybridized carbons (Fsp3) is 0.800. The van der Waals surface area contributed by atoms with E-state index in [0.717, 1.165) is 0 Å². The Kier molecular flexibility index (Phi) is 3.94. The maximum atomic E-state index is 10.6. The average Bonchev–Trinajstić information content (AvgIpc) is 1.86. The summed E-state index contributed by atoms with van der Waals surface area (Å²) in [6, 6.07) is 0. The quantitative estimate of drug-likeness (QED) is 0.334. The zero-order valence-corrected chi connectivity index (χ0v) is 6.27. The Balaban J connectivity index is 3.73. The Bertz CT molecular complexity index is 157. The van der Waals surface area contributed by atoms with E-state index in [2.05, 4.69) is 9.57 Å². The van der Waals surface area contributed by atoms with Crippen LogP contribution in [-0.2, 0) is 14.4 Å². The van der Waals surface area contributed by atoms with Gasteiger partial charge in [-0.25, -0.2) is 4.79 Å². The number of carbonyl (C=O) groups excluding carboxylic acids is 1. The zero-order valence-electron chi connectivity index (χ0n) is 6.27. The maximum Gasteiger partial charge on any atom is 0.334 e. The third-order valence-corrected chi connectivity index (χ3v) is 0.863. The van der Waals surface area contributed by atoms with Crippen LogP contribution in [0.3, 0.4) is 0 Å². The summed E-state index contributed by atoms with van der Waals surface area (Å²) in [5, 5.41) is 8.67. The summed E-state index contributed by atoms with van der Waals surface area (Å²) in [6.07, 6.45) is -1.15. The molecule has 0 rings (SSSR count). The second-order valence-electron chi connectivity index (χ2n) is 1.72. The maximum absolute atomic E-state index is 10.6. The lowest BCUT2D eigenvalue weighted by molar-refractivity contribution is -0.764. The summed E-state index contributed by atoms with van der Waals surface area (Å²) in [6.45, 7) is 3.04. The highest BCUT2D eigenvalue weighted by Gasteiger charge is 2.17. The van der Waals surface area contributed by atoms with Gasteiger partial charge in [0.15, 0.2) is 0 Å². The number of nitrogens with zero attached hydrogens (tertiary/aromatic N) is 1. The predicted molar refractivity (Wildman–Crippen MR) is 34.2 cm³/mol. The molecule has 0 radical (unpaired) electrons. The summed E-state index contributed by atoms with van der Waals surface area (Å²) < 4.78 is 4.44. The van der Waals surface area contributed by atoms with Crippen molar-refractivity contribution < 1.29 is 19.5 Å². The Morgan fingerprint density at radius 1 is 1.73 bits per heavy atom. The van der Waals surface area contributed by atoms with Gasteiger partial charge in [0.05, 0.1) is 6.61 Å². The molecule has 0 aliphatic carbocycles. The van der Waals surface area contributed by atoms with Crippen molar-refractivity contribution in [2.45, 2.75) is 20.0 Å². The molecule has 6 nitrogen and oxygen atoms in total. The van der Waals surface area contributed by atoms with Crippen molar-refractivity contribution in [3.63, 3.8) is 0 Å². The van der Waals surface area contributed by atoms with Crippen LogP contribution in [0.25, 0.3) is 0 Å². The fourth-order valence-electron chi connectivity index (χ4n) is 0.432. The topological polar surface area (TPSA) is 78.7 Å². The van der Waals surface area contributed by atoms with Crippen molar-refractivity contribution >= 4 is 5.97 Å². The summed E-state index contributed by atoms with van der Waals surface area (Å²) >= 11 is 0. The first kappa shape index (κ1) is 9.67. The number of hydrogen-bond donors (Lipinski definition) is 0. The molecule has 0 bridgehead atoms. The van der Waals surface area contributed by atoms with E-state index in [4.69, 9.17) is 0 Å². The normalized spacial score (nSPS) is 11.8. The van der Waals surface area contributed by atoms with Gasteiger partial charge < -0.3 is 4.74 Å². The highest BCUT2D eigenvalue weighted by atomic mass is 17.0. The van der Waals surface area contributed by atoms with Crippen LogP contribution in [0.2, 0.25) is 0 Å². The molecule has 0 heterocycles. The summed E-state index contributed by atoms with van der Waals surface area (Å²) in [5.41, 5.74) is 0. The van der Waals surface area contributed by atoms with Gasteiger partial charge in [-0.15, -0.1) is 10.1 Å². The molecule has 11 heavy (non-hydrogen) atoms. The van der Waals surface area contributed by atoms with Crippen molar-refractivity contribution in [3.8, 4) is 0 Å². The molecule has 0 aromatic carbocycles. The molecule has 0 spiro atoms. The lowest BCUT2D eigenvalue weighted by Gasteiger charge is -2.06. The SMILES string of the molecule is CCOC(=O)[C@@H](C)O[N+](=O)[O-]. The Morgan fingerprint density at radius 3 is 2.64 bits per heavy atom. The standard InChI is InChI=1S/C5H9NO5/c1-3-10-5(7)4(2)11-6(8)9/h4H,3H2,1-2H3/t4-/m1/s1. The molecule has 0 N–H and O–H groups in total. The van der Waals surface area contributed by atoms with E-state index in [-0.39, 0.29) is 6.61 Å². The molecule has 0 fully saturated rings. The van der Waals surface area contributed by atoms with Gasteiger partial charge in [-0.3, -0.25) is 4.84 Å². The monoisotopic (exact) mass is 163 g/mol. The molecule has 0 amide bonds. The molecule has 0 aromatic rings. The first-order chi connectivity index (χ1) is 5.07. The van der Waals surface area contributed by atoms with Crippen LogP contribution in [0.5, 0.6) is 0 Å². The van der Waals surface area contributed by atoms with Crippen molar-refractivity contribution in [2.24, 2.45) is 0 Å². The number of esters is 1. The first-order valence-corrected chi connectivity index (χ1v) is 3.05. The molecule has 0 unspecified atom stereocenters. The van der Waals surface area contributed by atoms with Crippen LogP contribution >= 0.6 is 0 Å². The highest BCUT2D eigenvalue weighted by Crippen LogP contribution is 1.93. The Labute approximate surface area is 63.2 Å². The lowest BCUT2D eigenvalue weighted by Crippen LogP contribution is -2.25. The minimum Gasteiger partial charge on any atom is -0.464 e. The van der Waals surface area contributed by atoms with E-state index >= 15 is 0 Å². The molecule has 64 valence electrons. The largest absolute Gasteiger partial charge is 0.464 e. The summed E-state index contributed by atoms with van der Waals surface area (Å²) in [7, 11) is 0. The van der Waals surface area contributed by atoms with Crippen molar-refractivity contribution in [1.29, 1.82) is 0 Å². The van der Waals surface area contributed by atoms with Gasteiger partial charge in [-0.05, 0) is 13.8 Å². The van der Waals surface area contributed by atoms with E-state index < -0.39 is 17.2 Å². The van der Waals surface area contributed by atoms with Gasteiger partial charge in [0, 0.05) is 0 Å². The van der Waals surface area contributed by atoms with Crippen LogP contribution in [0.4, 0.5) is 0 Å². The highest BCUT2D eigenvalue weighted by molar-refractivity contribution is 5.73. The average molecular weight is 163 g/mol. The first-order valence-electron chi connectivity index (χ1n) is 3.05. The molecule has 0 aromatic heterocycles. The minimum atomic E-state index is -1.15. The smallest absolute Gasteiger partial charge is 0.334 e. The van der Waals surface area contributed by atoms with Crippen molar-refractivity contribution in [1.82, 2.24) is 0 Å². The molecule has 0 saturated carbocycles. The van der Waals surface area contributed by atoms with Gasteiger partial charge in [0.1, 0.15) is 0 Å². The van der Waals surface area contributed by atoms with E-state index in [9.17, 15) is 14.9 Å². The van der Waals surface area contributed by atoms with Gasteiger partial charge in [-0.1, -0.05) is 0 Å². The molecule has 1 atom stereocenters. The second kappa shape index (κ2) is 4.48. The summed E-state index contributed by atoms with van der Waals surface area (Å²) in [4.78, 5) is 24.2. The second-order valence-corrected chi connectivity index (χ2v) is 1.72. The van der Waals surface area contributed by atoms with Gasteiger partial charge in [0.25, 0.3) is 5.09 Å². The van der Waals surface area contributed by atoms with Crippen molar-refractivity contribution in [3.05, 3.63) is 10.1 Å². The van der Waals surface area contributed by atoms with Crippen molar-refractivity contribution in [2.75, 3.05) is 6.61 Å². The third kappa shape index (κ3) is 4.12. The van der Waals surface area contributed by atoms with Crippen LogP contribution in [-0.4, -0.2) is 23.8 Å². The Hall–Kier alpha value is -1.33. The number of carbonyl (C=O) groups is 1. The molecular formula is C5H9NO5. The van der Waals surface area contributed by atoms with E-state index in [1.807, 2.05) is 0 Å². The fourth-order valence-corrected chi connectivity index (χ4v) is 0.432. The van der Waals surface area contributed by atoms with Crippen LogP contribution in [0, 0.1) is 10.1 Å². The number of hydrogen-bond acceptors (Lipinski definition) is 5. The van der Waals surface area contributed by atoms with Gasteiger partial charge >= 0.3 is 5.97 Å². The van der Waals surface area contributed by atoms with Crippen LogP contribution < -0.4 is 0 Å². The molecule has 0 saturated heterocycles. The van der Waals surface area contributed by atoms with E-state index in [1.54, 1.807) is 6.92 Å². The zero-order chi connectivity index (χ0) is 8.85. The Morgan fingerprint density at radius 2 is 2.27 bits per heavy atom. The number of rotatable bonds is 4. The van der Waals surface area contributed by atoms with Gasteiger partial charge in [0.2, 0.25) is 6.10 Å². The lowest BCUT2D eigenvalue weighted by atomic mass is 10.4. The summed E-state index contributed by atoms with van der Waals surface area (Å²) in [5.74, 6) is -0.732. The van der Waals surface area contributed by atoms with E-state index in [0.29, 0.717) is 0 Å². The van der Waals surface area contributed by atoms with Crippen LogP contribution in [0.1, 0.15) is 13.8 Å². The molecule has 0 aliphatic heterocycles. The minimum absolute atomic E-state index is 0.185.